The second kappa shape index (κ2) is 12.1. The van der Waals surface area contributed by atoms with Crippen molar-refractivity contribution in [3.8, 4) is 0 Å². The molecule has 0 spiro atoms. The number of ether oxygens (including phenoxy) is 7. The zero-order valence-electron chi connectivity index (χ0n) is 17.5. The van der Waals surface area contributed by atoms with E-state index in [1.165, 1.54) is 21.3 Å². The van der Waals surface area contributed by atoms with Crippen molar-refractivity contribution < 1.29 is 48.5 Å². The number of aliphatic hydroxyl groups excluding tert-OH is 3. The lowest BCUT2D eigenvalue weighted by molar-refractivity contribution is -0.345. The van der Waals surface area contributed by atoms with E-state index in [-0.39, 0.29) is 12.0 Å². The largest absolute Gasteiger partial charge is 0.394 e. The van der Waals surface area contributed by atoms with Crippen LogP contribution in [0.15, 0.2) is 0 Å². The first-order chi connectivity index (χ1) is 14.0. The van der Waals surface area contributed by atoms with Crippen molar-refractivity contribution in [2.45, 2.75) is 67.5 Å². The van der Waals surface area contributed by atoms with E-state index in [1.54, 1.807) is 18.9 Å². The average Bonchev–Trinajstić information content (AvgIpc) is 2.74. The molecule has 10 nitrogen and oxygen atoms in total. The minimum atomic E-state index is -1.10. The molecule has 0 aromatic carbocycles. The second-order valence-corrected chi connectivity index (χ2v) is 8.17. The third-order valence-corrected chi connectivity index (χ3v) is 6.32. The number of aliphatic hydroxyl groups is 3. The molecule has 3 N–H and O–H groups in total. The molecule has 0 saturated carbocycles. The smallest absolute Gasteiger partial charge is 0.187 e. The molecule has 2 aliphatic rings. The maximum Gasteiger partial charge on any atom is 0.187 e. The lowest BCUT2D eigenvalue weighted by atomic mass is 9.97. The van der Waals surface area contributed by atoms with Gasteiger partial charge in [0.15, 0.2) is 6.29 Å². The van der Waals surface area contributed by atoms with Gasteiger partial charge >= 0.3 is 0 Å². The Labute approximate surface area is 175 Å². The summed E-state index contributed by atoms with van der Waals surface area (Å²) in [4.78, 5) is 0. The van der Waals surface area contributed by atoms with Crippen molar-refractivity contribution in [1.29, 1.82) is 0 Å². The molecule has 0 amide bonds. The van der Waals surface area contributed by atoms with E-state index in [9.17, 15) is 15.3 Å². The van der Waals surface area contributed by atoms with Crippen LogP contribution in [-0.4, -0.2) is 123 Å². The summed E-state index contributed by atoms with van der Waals surface area (Å²) in [5.74, 6) is 0.799. The highest BCUT2D eigenvalue weighted by atomic mass is 32.2. The van der Waals surface area contributed by atoms with E-state index in [0.29, 0.717) is 0 Å². The molecule has 172 valence electrons. The molecule has 0 aromatic heterocycles. The summed E-state index contributed by atoms with van der Waals surface area (Å²) in [5.41, 5.74) is -0.337. The molecule has 2 fully saturated rings. The summed E-state index contributed by atoms with van der Waals surface area (Å²) >= 11 is 1.55. The van der Waals surface area contributed by atoms with Crippen molar-refractivity contribution in [3.05, 3.63) is 0 Å². The number of thioether (sulfide) groups is 1. The fourth-order valence-corrected chi connectivity index (χ4v) is 4.84. The van der Waals surface area contributed by atoms with Crippen LogP contribution in [0.1, 0.15) is 6.92 Å². The Morgan fingerprint density at radius 2 is 1.34 bits per heavy atom. The van der Waals surface area contributed by atoms with E-state index in [0.717, 1.165) is 5.75 Å². The first-order valence-corrected chi connectivity index (χ1v) is 10.6. The standard InChI is InChI=1S/C18H34O10S/c1-6-29-18-16(25-5)14(23-3)12(10(8-20)27-18)28-17-15(24-4)13(22-2)11(21)9(7-19)26-17/h9-21H,6-8H2,1-5H3/t9-,10-,11-,12-,13+,14+,15-,16-,17-,18+/m1/s1. The Balaban J connectivity index is 2.27. The van der Waals surface area contributed by atoms with Crippen LogP contribution in [0.25, 0.3) is 0 Å². The van der Waals surface area contributed by atoms with Crippen LogP contribution >= 0.6 is 11.8 Å². The van der Waals surface area contributed by atoms with E-state index in [4.69, 9.17) is 33.2 Å². The van der Waals surface area contributed by atoms with Gasteiger partial charge in [0.1, 0.15) is 54.3 Å². The van der Waals surface area contributed by atoms with E-state index >= 15 is 0 Å². The van der Waals surface area contributed by atoms with Gasteiger partial charge in [0.2, 0.25) is 0 Å². The first-order valence-electron chi connectivity index (χ1n) is 9.60. The van der Waals surface area contributed by atoms with Gasteiger partial charge in [-0.3, -0.25) is 0 Å². The van der Waals surface area contributed by atoms with Crippen LogP contribution in [0.2, 0.25) is 0 Å². The topological polar surface area (TPSA) is 125 Å². The molecule has 11 heteroatoms. The molecule has 2 heterocycles. The summed E-state index contributed by atoms with van der Waals surface area (Å²) < 4.78 is 40.1. The molecular weight excluding hydrogens is 408 g/mol. The molecule has 0 unspecified atom stereocenters. The number of rotatable bonds is 10. The second-order valence-electron chi connectivity index (χ2n) is 6.80. The summed E-state index contributed by atoms with van der Waals surface area (Å²) in [5, 5.41) is 29.9. The quantitative estimate of drug-likeness (QED) is 0.385. The monoisotopic (exact) mass is 442 g/mol. The van der Waals surface area contributed by atoms with Crippen LogP contribution in [0, 0.1) is 0 Å². The fraction of sp³-hybridized carbons (Fsp3) is 1.00. The molecular formula is C18H34O10S. The van der Waals surface area contributed by atoms with Crippen molar-refractivity contribution in [1.82, 2.24) is 0 Å². The van der Waals surface area contributed by atoms with Gasteiger partial charge in [-0.05, 0) is 5.75 Å². The molecule has 2 aliphatic heterocycles. The minimum Gasteiger partial charge on any atom is -0.394 e. The zero-order chi connectivity index (χ0) is 21.6. The predicted octanol–water partition coefficient (Wildman–Crippen LogP) is -1.02. The van der Waals surface area contributed by atoms with Gasteiger partial charge in [0, 0.05) is 28.4 Å². The Hall–Kier alpha value is -0.0500. The number of hydrogen-bond acceptors (Lipinski definition) is 11. The molecule has 0 aliphatic carbocycles. The van der Waals surface area contributed by atoms with Gasteiger partial charge < -0.3 is 48.5 Å². The van der Waals surface area contributed by atoms with Crippen LogP contribution in [-0.2, 0) is 33.2 Å². The maximum atomic E-state index is 10.4. The van der Waals surface area contributed by atoms with E-state index < -0.39 is 61.7 Å². The van der Waals surface area contributed by atoms with Gasteiger partial charge in [0.25, 0.3) is 0 Å². The molecule has 29 heavy (non-hydrogen) atoms. The summed E-state index contributed by atoms with van der Waals surface area (Å²) in [7, 11) is 5.98. The van der Waals surface area contributed by atoms with Crippen LogP contribution < -0.4 is 0 Å². The summed E-state index contributed by atoms with van der Waals surface area (Å²) in [6, 6.07) is 0. The normalized spacial score (nSPS) is 43.4. The summed E-state index contributed by atoms with van der Waals surface area (Å²) in [6.07, 6.45) is -7.03. The number of methoxy groups -OCH3 is 4. The van der Waals surface area contributed by atoms with Gasteiger partial charge in [-0.25, -0.2) is 0 Å². The first kappa shape index (κ1) is 25.2. The van der Waals surface area contributed by atoms with Gasteiger partial charge in [-0.15, -0.1) is 11.8 Å². The molecule has 0 aromatic rings. The van der Waals surface area contributed by atoms with Crippen molar-refractivity contribution in [2.75, 3.05) is 47.4 Å². The third kappa shape index (κ3) is 5.42. The fourth-order valence-electron chi connectivity index (χ4n) is 3.83. The van der Waals surface area contributed by atoms with E-state index in [2.05, 4.69) is 0 Å². The highest BCUT2D eigenvalue weighted by molar-refractivity contribution is 7.99. The Morgan fingerprint density at radius 3 is 1.83 bits per heavy atom. The summed E-state index contributed by atoms with van der Waals surface area (Å²) in [6.45, 7) is 1.28. The van der Waals surface area contributed by atoms with Crippen molar-refractivity contribution in [3.63, 3.8) is 0 Å². The van der Waals surface area contributed by atoms with Gasteiger partial charge in [0.05, 0.1) is 13.2 Å². The van der Waals surface area contributed by atoms with Crippen molar-refractivity contribution in [2.24, 2.45) is 0 Å². The maximum absolute atomic E-state index is 10.4. The highest BCUT2D eigenvalue weighted by Crippen LogP contribution is 2.35. The Bertz CT molecular complexity index is 472. The average molecular weight is 443 g/mol. The predicted molar refractivity (Wildman–Crippen MR) is 104 cm³/mol. The molecule has 2 rings (SSSR count). The van der Waals surface area contributed by atoms with Gasteiger partial charge in [-0.2, -0.15) is 0 Å². The number of hydrogen-bond donors (Lipinski definition) is 3. The highest BCUT2D eigenvalue weighted by Gasteiger charge is 2.52. The Kier molecular flexibility index (Phi) is 10.5. The zero-order valence-corrected chi connectivity index (χ0v) is 18.3. The van der Waals surface area contributed by atoms with Crippen LogP contribution in [0.5, 0.6) is 0 Å². The van der Waals surface area contributed by atoms with Crippen LogP contribution in [0.4, 0.5) is 0 Å². The molecule has 2 saturated heterocycles. The van der Waals surface area contributed by atoms with Gasteiger partial charge in [-0.1, -0.05) is 6.92 Å². The molecule has 0 bridgehead atoms. The lowest BCUT2D eigenvalue weighted by Gasteiger charge is -2.48. The third-order valence-electron chi connectivity index (χ3n) is 5.28. The van der Waals surface area contributed by atoms with Crippen molar-refractivity contribution >= 4 is 11.8 Å². The molecule has 0 radical (unpaired) electrons. The SMILES string of the molecule is CCS[C@@H]1O[C@H](CO)[C@@H](O[C@H]2O[C@H](CO)[C@@H](O)[C@H](OC)[C@H]2OC)[C@H](OC)[C@H]1OC. The lowest BCUT2D eigenvalue weighted by Crippen LogP contribution is -2.65. The van der Waals surface area contributed by atoms with E-state index in [1.807, 2.05) is 6.92 Å². The minimum absolute atomic E-state index is 0.300. The Morgan fingerprint density at radius 1 is 0.759 bits per heavy atom. The molecule has 10 atom stereocenters. The van der Waals surface area contributed by atoms with Crippen LogP contribution in [0.3, 0.4) is 0 Å².